The molecule has 0 aromatic carbocycles. The summed E-state index contributed by atoms with van der Waals surface area (Å²) in [6.07, 6.45) is 5.54. The van der Waals surface area contributed by atoms with Crippen molar-refractivity contribution in [1.29, 1.82) is 0 Å². The number of carbonyl (C=O) groups excluding carboxylic acids is 1. The molecular weight excluding hydrogens is 234 g/mol. The Morgan fingerprint density at radius 3 is 3.22 bits per heavy atom. The second-order valence-corrected chi connectivity index (χ2v) is 4.32. The maximum atomic E-state index is 11.1. The Bertz CT molecular complexity index is 386. The third kappa shape index (κ3) is 3.54. The van der Waals surface area contributed by atoms with Gasteiger partial charge in [-0.25, -0.2) is 0 Å². The number of rotatable bonds is 6. The highest BCUT2D eigenvalue weighted by atomic mass is 16.7. The molecule has 1 atom stereocenters. The number of nitrogens with zero attached hydrogens (tertiary/aromatic N) is 2. The highest BCUT2D eigenvalue weighted by Crippen LogP contribution is 2.13. The van der Waals surface area contributed by atoms with E-state index in [1.165, 1.54) is 0 Å². The molecule has 1 aromatic heterocycles. The van der Waals surface area contributed by atoms with Gasteiger partial charge < -0.3 is 15.2 Å². The SMILES string of the molecule is NC(=O)c1ccnn1CCCOC1CCCCO1. The summed E-state index contributed by atoms with van der Waals surface area (Å²) < 4.78 is 12.7. The molecule has 100 valence electrons. The van der Waals surface area contributed by atoms with Crippen molar-refractivity contribution in [1.82, 2.24) is 9.78 Å². The van der Waals surface area contributed by atoms with E-state index in [1.54, 1.807) is 16.9 Å². The average molecular weight is 253 g/mol. The fourth-order valence-corrected chi connectivity index (χ4v) is 1.99. The van der Waals surface area contributed by atoms with Crippen LogP contribution in [-0.2, 0) is 16.0 Å². The number of nitrogens with two attached hydrogens (primary N) is 1. The van der Waals surface area contributed by atoms with Gasteiger partial charge in [-0.05, 0) is 31.7 Å². The quantitative estimate of drug-likeness (QED) is 0.764. The smallest absolute Gasteiger partial charge is 0.266 e. The second kappa shape index (κ2) is 6.51. The van der Waals surface area contributed by atoms with E-state index in [-0.39, 0.29) is 6.29 Å². The van der Waals surface area contributed by atoms with Gasteiger partial charge in [0.1, 0.15) is 5.69 Å². The lowest BCUT2D eigenvalue weighted by Gasteiger charge is -2.22. The molecule has 1 fully saturated rings. The normalized spacial score (nSPS) is 19.9. The van der Waals surface area contributed by atoms with Gasteiger partial charge in [-0.15, -0.1) is 0 Å². The largest absolute Gasteiger partial charge is 0.364 e. The molecule has 6 heteroatoms. The van der Waals surface area contributed by atoms with Crippen LogP contribution in [0.4, 0.5) is 0 Å². The molecule has 0 bridgehead atoms. The number of amides is 1. The van der Waals surface area contributed by atoms with Crippen LogP contribution < -0.4 is 5.73 Å². The minimum atomic E-state index is -0.455. The van der Waals surface area contributed by atoms with Crippen molar-refractivity contribution >= 4 is 5.91 Å². The molecular formula is C12H19N3O3. The fraction of sp³-hybridized carbons (Fsp3) is 0.667. The Morgan fingerprint density at radius 2 is 2.50 bits per heavy atom. The summed E-state index contributed by atoms with van der Waals surface area (Å²) in [4.78, 5) is 11.1. The van der Waals surface area contributed by atoms with Crippen molar-refractivity contribution in [3.05, 3.63) is 18.0 Å². The van der Waals surface area contributed by atoms with Gasteiger partial charge in [0.2, 0.25) is 0 Å². The van der Waals surface area contributed by atoms with Gasteiger partial charge in [0.25, 0.3) is 5.91 Å². The lowest BCUT2D eigenvalue weighted by molar-refractivity contribution is -0.163. The van der Waals surface area contributed by atoms with Gasteiger partial charge in [-0.1, -0.05) is 0 Å². The number of aromatic nitrogens is 2. The van der Waals surface area contributed by atoms with Crippen LogP contribution in [0.5, 0.6) is 0 Å². The number of ether oxygens (including phenoxy) is 2. The Morgan fingerprint density at radius 1 is 1.61 bits per heavy atom. The van der Waals surface area contributed by atoms with E-state index >= 15 is 0 Å². The molecule has 6 nitrogen and oxygen atoms in total. The third-order valence-electron chi connectivity index (χ3n) is 2.92. The zero-order chi connectivity index (χ0) is 12.8. The fourth-order valence-electron chi connectivity index (χ4n) is 1.99. The van der Waals surface area contributed by atoms with Crippen LogP contribution in [0, 0.1) is 0 Å². The molecule has 1 saturated heterocycles. The summed E-state index contributed by atoms with van der Waals surface area (Å²) in [5.74, 6) is -0.455. The van der Waals surface area contributed by atoms with Gasteiger partial charge in [0.15, 0.2) is 6.29 Å². The molecule has 0 spiro atoms. The molecule has 2 heterocycles. The monoisotopic (exact) mass is 253 g/mol. The summed E-state index contributed by atoms with van der Waals surface area (Å²) in [5.41, 5.74) is 5.66. The van der Waals surface area contributed by atoms with Gasteiger partial charge in [0.05, 0.1) is 6.61 Å². The summed E-state index contributed by atoms with van der Waals surface area (Å²) >= 11 is 0. The lowest BCUT2D eigenvalue weighted by Crippen LogP contribution is -2.23. The van der Waals surface area contributed by atoms with E-state index in [0.717, 1.165) is 32.3 Å². The third-order valence-corrected chi connectivity index (χ3v) is 2.92. The summed E-state index contributed by atoms with van der Waals surface area (Å²) in [6.45, 7) is 2.01. The summed E-state index contributed by atoms with van der Waals surface area (Å²) in [6, 6.07) is 1.62. The standard InChI is InChI=1S/C12H19N3O3/c13-12(16)10-5-6-14-15(10)7-3-9-18-11-4-1-2-8-17-11/h5-6,11H,1-4,7-9H2,(H2,13,16). The minimum absolute atomic E-state index is 0.0630. The molecule has 1 unspecified atom stereocenters. The number of hydrogen-bond acceptors (Lipinski definition) is 4. The van der Waals surface area contributed by atoms with Crippen LogP contribution in [0.2, 0.25) is 0 Å². The van der Waals surface area contributed by atoms with Crippen LogP contribution in [0.15, 0.2) is 12.3 Å². The van der Waals surface area contributed by atoms with Crippen molar-refractivity contribution in [2.45, 2.75) is 38.5 Å². The number of primary amides is 1. The Hall–Kier alpha value is -1.40. The van der Waals surface area contributed by atoms with Crippen LogP contribution >= 0.6 is 0 Å². The number of aryl methyl sites for hydroxylation is 1. The lowest BCUT2D eigenvalue weighted by atomic mass is 10.2. The predicted molar refractivity (Wildman–Crippen MR) is 64.9 cm³/mol. The molecule has 1 aromatic rings. The highest BCUT2D eigenvalue weighted by molar-refractivity contribution is 5.90. The van der Waals surface area contributed by atoms with E-state index in [1.807, 2.05) is 0 Å². The molecule has 2 N–H and O–H groups in total. The molecule has 18 heavy (non-hydrogen) atoms. The van der Waals surface area contributed by atoms with E-state index in [4.69, 9.17) is 15.2 Å². The first-order valence-corrected chi connectivity index (χ1v) is 6.32. The van der Waals surface area contributed by atoms with E-state index in [2.05, 4.69) is 5.10 Å². The van der Waals surface area contributed by atoms with Crippen molar-refractivity contribution in [2.75, 3.05) is 13.2 Å². The first-order chi connectivity index (χ1) is 8.77. The predicted octanol–water partition coefficient (Wildman–Crippen LogP) is 0.915. The van der Waals surface area contributed by atoms with Crippen LogP contribution in [0.3, 0.4) is 0 Å². The van der Waals surface area contributed by atoms with Crippen molar-refractivity contribution < 1.29 is 14.3 Å². The maximum absolute atomic E-state index is 11.1. The first kappa shape index (κ1) is 13.0. The number of carbonyl (C=O) groups is 1. The van der Waals surface area contributed by atoms with Crippen LogP contribution in [0.25, 0.3) is 0 Å². The summed E-state index contributed by atoms with van der Waals surface area (Å²) in [7, 11) is 0. The topological polar surface area (TPSA) is 79.4 Å². The van der Waals surface area contributed by atoms with Crippen LogP contribution in [0.1, 0.15) is 36.2 Å². The van der Waals surface area contributed by atoms with E-state index in [9.17, 15) is 4.79 Å². The minimum Gasteiger partial charge on any atom is -0.364 e. The summed E-state index contributed by atoms with van der Waals surface area (Å²) in [5, 5.41) is 4.05. The van der Waals surface area contributed by atoms with Crippen molar-refractivity contribution in [2.24, 2.45) is 5.73 Å². The molecule has 0 aliphatic carbocycles. The molecule has 1 aliphatic heterocycles. The number of hydrogen-bond donors (Lipinski definition) is 1. The molecule has 2 rings (SSSR count). The molecule has 1 aliphatic rings. The Kier molecular flexibility index (Phi) is 4.72. The highest BCUT2D eigenvalue weighted by Gasteiger charge is 2.13. The average Bonchev–Trinajstić information content (AvgIpc) is 2.84. The van der Waals surface area contributed by atoms with Crippen molar-refractivity contribution in [3.8, 4) is 0 Å². The van der Waals surface area contributed by atoms with Crippen LogP contribution in [-0.4, -0.2) is 35.2 Å². The van der Waals surface area contributed by atoms with Crippen molar-refractivity contribution in [3.63, 3.8) is 0 Å². The van der Waals surface area contributed by atoms with Gasteiger partial charge >= 0.3 is 0 Å². The van der Waals surface area contributed by atoms with E-state index < -0.39 is 5.91 Å². The van der Waals surface area contributed by atoms with Gasteiger partial charge in [-0.2, -0.15) is 5.10 Å². The zero-order valence-corrected chi connectivity index (χ0v) is 10.4. The Balaban J connectivity index is 1.68. The van der Waals surface area contributed by atoms with E-state index in [0.29, 0.717) is 18.8 Å². The first-order valence-electron chi connectivity index (χ1n) is 6.32. The Labute approximate surface area is 106 Å². The van der Waals surface area contributed by atoms with Gasteiger partial charge in [0, 0.05) is 19.3 Å². The second-order valence-electron chi connectivity index (χ2n) is 4.32. The molecule has 0 saturated carbocycles. The zero-order valence-electron chi connectivity index (χ0n) is 10.4. The van der Waals surface area contributed by atoms with Gasteiger partial charge in [-0.3, -0.25) is 9.48 Å². The molecule has 1 amide bonds. The molecule has 0 radical (unpaired) electrons. The maximum Gasteiger partial charge on any atom is 0.266 e.